The Morgan fingerprint density at radius 3 is 2.59 bits per heavy atom. The van der Waals surface area contributed by atoms with Gasteiger partial charge in [0.05, 0.1) is 0 Å². The fraction of sp³-hybridized carbons (Fsp3) is 0.571. The van der Waals surface area contributed by atoms with Crippen molar-refractivity contribution in [2.45, 2.75) is 32.9 Å². The molecule has 0 spiro atoms. The van der Waals surface area contributed by atoms with Gasteiger partial charge in [-0.05, 0) is 24.6 Å². The van der Waals surface area contributed by atoms with Gasteiger partial charge in [-0.3, -0.25) is 0 Å². The maximum atomic E-state index is 6.15. The minimum Gasteiger partial charge on any atom is -0.326 e. The van der Waals surface area contributed by atoms with Gasteiger partial charge in [0, 0.05) is 24.2 Å². The summed E-state index contributed by atoms with van der Waals surface area (Å²) >= 11 is 6.14. The van der Waals surface area contributed by atoms with Gasteiger partial charge in [0.1, 0.15) is 0 Å². The molecule has 2 nitrogen and oxygen atoms in total. The highest BCUT2D eigenvalue weighted by molar-refractivity contribution is 6.31. The third kappa shape index (κ3) is 4.66. The van der Waals surface area contributed by atoms with Gasteiger partial charge < -0.3 is 10.6 Å². The third-order valence-electron chi connectivity index (χ3n) is 3.30. The Kier molecular flexibility index (Phi) is 5.96. The molecule has 17 heavy (non-hydrogen) atoms. The van der Waals surface area contributed by atoms with Crippen LogP contribution in [0.4, 0.5) is 0 Å². The average Bonchev–Trinajstić information content (AvgIpc) is 2.31. The molecule has 1 rings (SSSR count). The molecule has 3 heteroatoms. The van der Waals surface area contributed by atoms with Crippen LogP contribution in [0.3, 0.4) is 0 Å². The van der Waals surface area contributed by atoms with Crippen molar-refractivity contribution in [1.29, 1.82) is 0 Å². The van der Waals surface area contributed by atoms with Gasteiger partial charge >= 0.3 is 0 Å². The second kappa shape index (κ2) is 7.00. The number of hydrogen-bond donors (Lipinski definition) is 1. The maximum absolute atomic E-state index is 6.15. The lowest BCUT2D eigenvalue weighted by molar-refractivity contribution is 0.267. The zero-order valence-electron chi connectivity index (χ0n) is 11.0. The molecule has 0 radical (unpaired) electrons. The highest BCUT2D eigenvalue weighted by Crippen LogP contribution is 2.17. The van der Waals surface area contributed by atoms with Crippen molar-refractivity contribution in [2.24, 2.45) is 11.7 Å². The van der Waals surface area contributed by atoms with E-state index in [1.54, 1.807) is 0 Å². The molecular weight excluding hydrogens is 232 g/mol. The van der Waals surface area contributed by atoms with Crippen LogP contribution in [0, 0.1) is 5.92 Å². The molecule has 0 fully saturated rings. The van der Waals surface area contributed by atoms with E-state index in [4.69, 9.17) is 17.3 Å². The lowest BCUT2D eigenvalue weighted by Crippen LogP contribution is -2.39. The molecular formula is C14H23ClN2. The molecule has 96 valence electrons. The van der Waals surface area contributed by atoms with Crippen LogP contribution in [-0.4, -0.2) is 24.5 Å². The van der Waals surface area contributed by atoms with E-state index < -0.39 is 0 Å². The van der Waals surface area contributed by atoms with Gasteiger partial charge in [-0.25, -0.2) is 0 Å². The van der Waals surface area contributed by atoms with Crippen LogP contribution in [-0.2, 0) is 6.54 Å². The van der Waals surface area contributed by atoms with Crippen LogP contribution in [0.1, 0.15) is 25.8 Å². The molecule has 0 bridgehead atoms. The van der Waals surface area contributed by atoms with Crippen LogP contribution < -0.4 is 5.73 Å². The normalized spacial score (nSPS) is 14.9. The minimum atomic E-state index is 0.229. The van der Waals surface area contributed by atoms with Crippen LogP contribution >= 0.6 is 11.6 Å². The van der Waals surface area contributed by atoms with Crippen molar-refractivity contribution in [3.05, 3.63) is 34.9 Å². The summed E-state index contributed by atoms with van der Waals surface area (Å²) in [6.07, 6.45) is 1.13. The fourth-order valence-electron chi connectivity index (χ4n) is 1.82. The molecule has 0 heterocycles. The van der Waals surface area contributed by atoms with Gasteiger partial charge in [-0.15, -0.1) is 0 Å². The topological polar surface area (TPSA) is 29.3 Å². The Morgan fingerprint density at radius 2 is 2.00 bits per heavy atom. The molecule has 0 aliphatic rings. The highest BCUT2D eigenvalue weighted by Gasteiger charge is 2.13. The number of rotatable bonds is 6. The Balaban J connectivity index is 2.50. The molecule has 2 atom stereocenters. The Labute approximate surface area is 110 Å². The molecule has 2 N–H and O–H groups in total. The van der Waals surface area contributed by atoms with E-state index in [1.807, 2.05) is 18.2 Å². The van der Waals surface area contributed by atoms with Gasteiger partial charge in [0.25, 0.3) is 0 Å². The first kappa shape index (κ1) is 14.5. The van der Waals surface area contributed by atoms with E-state index in [0.717, 1.165) is 30.1 Å². The zero-order valence-corrected chi connectivity index (χ0v) is 11.7. The van der Waals surface area contributed by atoms with Crippen molar-refractivity contribution >= 4 is 11.6 Å². The van der Waals surface area contributed by atoms with E-state index in [-0.39, 0.29) is 6.04 Å². The summed E-state index contributed by atoms with van der Waals surface area (Å²) in [6.45, 7) is 6.14. The van der Waals surface area contributed by atoms with Crippen molar-refractivity contribution in [1.82, 2.24) is 4.90 Å². The van der Waals surface area contributed by atoms with Crippen molar-refractivity contribution in [2.75, 3.05) is 13.6 Å². The largest absolute Gasteiger partial charge is 0.326 e. The van der Waals surface area contributed by atoms with E-state index in [2.05, 4.69) is 31.9 Å². The molecule has 1 aromatic carbocycles. The summed E-state index contributed by atoms with van der Waals surface area (Å²) in [6, 6.07) is 8.19. The van der Waals surface area contributed by atoms with E-state index in [1.165, 1.54) is 0 Å². The molecule has 0 aliphatic heterocycles. The Morgan fingerprint density at radius 1 is 1.35 bits per heavy atom. The first-order valence-electron chi connectivity index (χ1n) is 6.22. The number of nitrogens with two attached hydrogens (primary N) is 1. The maximum Gasteiger partial charge on any atom is 0.0451 e. The number of halogens is 1. The molecule has 0 saturated heterocycles. The zero-order chi connectivity index (χ0) is 12.8. The minimum absolute atomic E-state index is 0.229. The van der Waals surface area contributed by atoms with Crippen molar-refractivity contribution < 1.29 is 0 Å². The van der Waals surface area contributed by atoms with Crippen LogP contribution in [0.2, 0.25) is 5.02 Å². The summed E-state index contributed by atoms with van der Waals surface area (Å²) < 4.78 is 0. The van der Waals surface area contributed by atoms with E-state index >= 15 is 0 Å². The molecule has 0 saturated carbocycles. The average molecular weight is 255 g/mol. The van der Waals surface area contributed by atoms with Gasteiger partial charge in [-0.1, -0.05) is 50.1 Å². The smallest absolute Gasteiger partial charge is 0.0451 e. The fourth-order valence-corrected chi connectivity index (χ4v) is 2.02. The van der Waals surface area contributed by atoms with Crippen LogP contribution in [0.5, 0.6) is 0 Å². The molecule has 0 amide bonds. The quantitative estimate of drug-likeness (QED) is 0.845. The molecule has 0 aromatic heterocycles. The molecule has 0 aliphatic carbocycles. The number of likely N-dealkylation sites (N-methyl/N-ethyl adjacent to an activating group) is 1. The number of benzene rings is 1. The van der Waals surface area contributed by atoms with Crippen LogP contribution in [0.25, 0.3) is 0 Å². The summed E-state index contributed by atoms with van der Waals surface area (Å²) in [5.41, 5.74) is 7.31. The van der Waals surface area contributed by atoms with E-state index in [0.29, 0.717) is 5.92 Å². The number of nitrogens with zero attached hydrogens (tertiary/aromatic N) is 1. The highest BCUT2D eigenvalue weighted by atomic mass is 35.5. The first-order chi connectivity index (χ1) is 8.04. The van der Waals surface area contributed by atoms with Gasteiger partial charge in [0.2, 0.25) is 0 Å². The Bertz CT molecular complexity index is 341. The number of hydrogen-bond acceptors (Lipinski definition) is 2. The molecule has 2 unspecified atom stereocenters. The summed E-state index contributed by atoms with van der Waals surface area (Å²) in [5.74, 6) is 0.559. The second-order valence-corrected chi connectivity index (χ2v) is 5.24. The van der Waals surface area contributed by atoms with Gasteiger partial charge in [-0.2, -0.15) is 0 Å². The Hall–Kier alpha value is -0.570. The lowest BCUT2D eigenvalue weighted by Gasteiger charge is -2.25. The second-order valence-electron chi connectivity index (χ2n) is 4.84. The predicted octanol–water partition coefficient (Wildman–Crippen LogP) is 3.15. The van der Waals surface area contributed by atoms with Crippen LogP contribution in [0.15, 0.2) is 24.3 Å². The molecule has 1 aromatic rings. The van der Waals surface area contributed by atoms with Crippen molar-refractivity contribution in [3.8, 4) is 0 Å². The monoisotopic (exact) mass is 254 g/mol. The van der Waals surface area contributed by atoms with E-state index in [9.17, 15) is 0 Å². The first-order valence-corrected chi connectivity index (χ1v) is 6.60. The predicted molar refractivity (Wildman–Crippen MR) is 75.2 cm³/mol. The summed E-state index contributed by atoms with van der Waals surface area (Å²) in [7, 11) is 2.09. The SMILES string of the molecule is CCC(C)C(N)CN(C)Cc1ccccc1Cl. The van der Waals surface area contributed by atoms with Crippen molar-refractivity contribution in [3.63, 3.8) is 0 Å². The lowest BCUT2D eigenvalue weighted by atomic mass is 9.99. The standard InChI is InChI=1S/C14H23ClN2/c1-4-11(2)14(16)10-17(3)9-12-7-5-6-8-13(12)15/h5-8,11,14H,4,9-10,16H2,1-3H3. The summed E-state index contributed by atoms with van der Waals surface area (Å²) in [4.78, 5) is 2.23. The third-order valence-corrected chi connectivity index (χ3v) is 3.66. The summed E-state index contributed by atoms with van der Waals surface area (Å²) in [5, 5.41) is 0.830. The van der Waals surface area contributed by atoms with Gasteiger partial charge in [0.15, 0.2) is 0 Å².